The molecular weight excluding hydrogens is 503 g/mol. The maximum atomic E-state index is 15.0. The molecule has 1 aromatic rings. The van der Waals surface area contributed by atoms with E-state index in [2.05, 4.69) is 31.4 Å². The highest BCUT2D eigenvalue weighted by Gasteiger charge is 2.51. The van der Waals surface area contributed by atoms with Gasteiger partial charge in [0.25, 0.3) is 5.91 Å². The Morgan fingerprint density at radius 1 is 1.00 bits per heavy atom. The Morgan fingerprint density at radius 2 is 1.69 bits per heavy atom. The molecule has 9 heteroatoms. The lowest BCUT2D eigenvalue weighted by Gasteiger charge is -2.32. The largest absolute Gasteiger partial charge is 0.496 e. The molecule has 4 atom stereocenters. The number of ether oxygens (including phenoxy) is 3. The zero-order valence-corrected chi connectivity index (χ0v) is 23.8. The monoisotopic (exact) mass is 546 g/mol. The number of halogens is 1. The summed E-state index contributed by atoms with van der Waals surface area (Å²) in [5, 5.41) is 6.18. The minimum Gasteiger partial charge on any atom is -0.496 e. The normalized spacial score (nSPS) is 28.1. The van der Waals surface area contributed by atoms with Crippen LogP contribution in [0.3, 0.4) is 0 Å². The minimum absolute atomic E-state index is 0.0176. The van der Waals surface area contributed by atoms with E-state index in [1.807, 2.05) is 0 Å². The van der Waals surface area contributed by atoms with E-state index in [0.29, 0.717) is 38.8 Å². The van der Waals surface area contributed by atoms with Crippen LogP contribution in [0.1, 0.15) is 83.0 Å². The summed E-state index contributed by atoms with van der Waals surface area (Å²) in [4.78, 5) is 38.7. The Labute approximate surface area is 230 Å². The van der Waals surface area contributed by atoms with Crippen LogP contribution in [-0.2, 0) is 14.3 Å². The number of fused-ring (bicyclic) bond motifs is 2. The van der Waals surface area contributed by atoms with Crippen LogP contribution in [0.4, 0.5) is 4.39 Å². The maximum absolute atomic E-state index is 15.0. The summed E-state index contributed by atoms with van der Waals surface area (Å²) in [6.45, 7) is 8.90. The van der Waals surface area contributed by atoms with Crippen molar-refractivity contribution in [1.82, 2.24) is 10.6 Å². The fourth-order valence-electron chi connectivity index (χ4n) is 6.40. The molecule has 0 unspecified atom stereocenters. The summed E-state index contributed by atoms with van der Waals surface area (Å²) in [6, 6.07) is 2.28. The first kappa shape index (κ1) is 29.2. The van der Waals surface area contributed by atoms with E-state index < -0.39 is 11.7 Å². The molecule has 2 amide bonds. The Hall–Kier alpha value is -2.84. The van der Waals surface area contributed by atoms with Crippen molar-refractivity contribution in [3.05, 3.63) is 23.5 Å². The maximum Gasteiger partial charge on any atom is 0.308 e. The van der Waals surface area contributed by atoms with E-state index in [0.717, 1.165) is 19.3 Å². The van der Waals surface area contributed by atoms with Gasteiger partial charge < -0.3 is 24.8 Å². The first-order valence-corrected chi connectivity index (χ1v) is 14.3. The molecule has 8 nitrogen and oxygen atoms in total. The van der Waals surface area contributed by atoms with Gasteiger partial charge in [0.2, 0.25) is 5.91 Å². The van der Waals surface area contributed by atoms with Gasteiger partial charge in [-0.2, -0.15) is 0 Å². The van der Waals surface area contributed by atoms with Crippen LogP contribution >= 0.6 is 0 Å². The molecule has 39 heavy (non-hydrogen) atoms. The van der Waals surface area contributed by atoms with Crippen molar-refractivity contribution >= 4 is 17.8 Å². The third-order valence-electron chi connectivity index (χ3n) is 8.40. The van der Waals surface area contributed by atoms with Crippen LogP contribution in [0.5, 0.6) is 11.5 Å². The molecule has 0 saturated heterocycles. The molecule has 0 spiro atoms. The van der Waals surface area contributed by atoms with Crippen LogP contribution in [0.2, 0.25) is 0 Å². The van der Waals surface area contributed by atoms with Gasteiger partial charge in [0.1, 0.15) is 5.75 Å². The summed E-state index contributed by atoms with van der Waals surface area (Å²) in [6.07, 6.45) is 5.01. The molecule has 3 aliphatic rings. The first-order chi connectivity index (χ1) is 18.5. The predicted octanol–water partition coefficient (Wildman–Crippen LogP) is 4.64. The van der Waals surface area contributed by atoms with Gasteiger partial charge in [-0.05, 0) is 75.2 Å². The predicted molar refractivity (Wildman–Crippen MR) is 144 cm³/mol. The fraction of sp³-hybridized carbons (Fsp3) is 0.700. The van der Waals surface area contributed by atoms with E-state index in [1.54, 1.807) is 6.92 Å². The van der Waals surface area contributed by atoms with Crippen molar-refractivity contribution in [1.29, 1.82) is 0 Å². The molecule has 3 saturated carbocycles. The van der Waals surface area contributed by atoms with Gasteiger partial charge >= 0.3 is 5.97 Å². The van der Waals surface area contributed by atoms with Crippen molar-refractivity contribution in [2.24, 2.45) is 29.1 Å². The van der Waals surface area contributed by atoms with Gasteiger partial charge in [-0.25, -0.2) is 4.39 Å². The zero-order chi connectivity index (χ0) is 28.3. The standard InChI is InChI=1S/C30H43FN2O6/c1-6-38-29(36)17-9-11-20(12-10-17)39-24-14-21(23(37-5)15-22(24)31)27(34)33-26-19-8-7-18(13-19)25(26)28(35)32-16-30(2,3)4/h14-15,17-20,25-26H,6-13,16H2,1-5H3,(H,32,35)(H,33,34)/t17-,18-,19+,20+,25+,26-/m1/s1. The van der Waals surface area contributed by atoms with Crippen molar-refractivity contribution in [3.8, 4) is 11.5 Å². The molecule has 2 N–H and O–H groups in total. The van der Waals surface area contributed by atoms with Crippen molar-refractivity contribution in [2.75, 3.05) is 20.3 Å². The second kappa shape index (κ2) is 12.1. The molecule has 216 valence electrons. The molecule has 3 fully saturated rings. The number of methoxy groups -OCH3 is 1. The number of esters is 1. The van der Waals surface area contributed by atoms with Gasteiger partial charge in [-0.15, -0.1) is 0 Å². The lowest BCUT2D eigenvalue weighted by molar-refractivity contribution is -0.149. The van der Waals surface area contributed by atoms with Gasteiger partial charge in [0, 0.05) is 18.7 Å². The van der Waals surface area contributed by atoms with E-state index >= 15 is 0 Å². The molecule has 1 aromatic carbocycles. The number of hydrogen-bond donors (Lipinski definition) is 2. The quantitative estimate of drug-likeness (QED) is 0.438. The number of amides is 2. The number of nitrogens with one attached hydrogen (secondary N) is 2. The summed E-state index contributed by atoms with van der Waals surface area (Å²) in [7, 11) is 1.39. The number of carbonyl (C=O) groups is 3. The van der Waals surface area contributed by atoms with Gasteiger partial charge in [-0.1, -0.05) is 20.8 Å². The van der Waals surface area contributed by atoms with E-state index in [-0.39, 0.29) is 70.2 Å². The summed E-state index contributed by atoms with van der Waals surface area (Å²) in [5.74, 6) is -1.11. The van der Waals surface area contributed by atoms with Crippen molar-refractivity contribution < 1.29 is 33.0 Å². The molecule has 0 aliphatic heterocycles. The number of benzene rings is 1. The molecule has 4 rings (SSSR count). The highest BCUT2D eigenvalue weighted by molar-refractivity contribution is 5.98. The second-order valence-corrected chi connectivity index (χ2v) is 12.5. The van der Waals surface area contributed by atoms with Crippen LogP contribution < -0.4 is 20.1 Å². The second-order valence-electron chi connectivity index (χ2n) is 12.5. The van der Waals surface area contributed by atoms with Crippen LogP contribution in [0, 0.1) is 34.9 Å². The van der Waals surface area contributed by atoms with Gasteiger partial charge in [0.05, 0.1) is 37.2 Å². The smallest absolute Gasteiger partial charge is 0.308 e. The zero-order valence-electron chi connectivity index (χ0n) is 23.8. The fourth-order valence-corrected chi connectivity index (χ4v) is 6.40. The SMILES string of the molecule is CCOC(=O)[C@H]1CC[C@@H](Oc2cc(C(=O)N[C@@H]3[C@H]4CC[C@H](C4)[C@@H]3C(=O)NCC(C)(C)C)c(OC)cc2F)CC1. The van der Waals surface area contributed by atoms with Crippen LogP contribution in [-0.4, -0.2) is 50.2 Å². The average Bonchev–Trinajstić information content (AvgIpc) is 3.50. The summed E-state index contributed by atoms with van der Waals surface area (Å²) >= 11 is 0. The Bertz CT molecular complexity index is 1060. The van der Waals surface area contributed by atoms with Crippen molar-refractivity contribution in [3.63, 3.8) is 0 Å². The lowest BCUT2D eigenvalue weighted by Crippen LogP contribution is -2.50. The van der Waals surface area contributed by atoms with Crippen LogP contribution in [0.25, 0.3) is 0 Å². The topological polar surface area (TPSA) is 103 Å². The Balaban J connectivity index is 1.45. The van der Waals surface area contributed by atoms with Crippen molar-refractivity contribution in [2.45, 2.75) is 84.8 Å². The molecule has 2 bridgehead atoms. The summed E-state index contributed by atoms with van der Waals surface area (Å²) < 4.78 is 31.4. The van der Waals surface area contributed by atoms with E-state index in [9.17, 15) is 18.8 Å². The molecule has 3 aliphatic carbocycles. The molecule has 0 aromatic heterocycles. The Morgan fingerprint density at radius 3 is 2.33 bits per heavy atom. The van der Waals surface area contributed by atoms with Crippen LogP contribution in [0.15, 0.2) is 12.1 Å². The molecule has 0 radical (unpaired) electrons. The van der Waals surface area contributed by atoms with Gasteiger partial charge in [0.15, 0.2) is 11.6 Å². The highest BCUT2D eigenvalue weighted by atomic mass is 19.1. The lowest BCUT2D eigenvalue weighted by atomic mass is 9.83. The first-order valence-electron chi connectivity index (χ1n) is 14.3. The molecule has 0 heterocycles. The van der Waals surface area contributed by atoms with Gasteiger partial charge in [-0.3, -0.25) is 14.4 Å². The summed E-state index contributed by atoms with van der Waals surface area (Å²) in [5.41, 5.74) is 0.132. The highest BCUT2D eigenvalue weighted by Crippen LogP contribution is 2.49. The molecular formula is C30H43FN2O6. The third kappa shape index (κ3) is 6.84. The Kier molecular flexibility index (Phi) is 9.07. The average molecular weight is 547 g/mol. The third-order valence-corrected chi connectivity index (χ3v) is 8.40. The van der Waals surface area contributed by atoms with E-state index in [4.69, 9.17) is 14.2 Å². The number of rotatable bonds is 9. The number of hydrogen-bond acceptors (Lipinski definition) is 6. The number of carbonyl (C=O) groups excluding carboxylic acids is 3. The minimum atomic E-state index is -0.615. The van der Waals surface area contributed by atoms with E-state index in [1.165, 1.54) is 19.2 Å².